The van der Waals surface area contributed by atoms with Crippen LogP contribution in [-0.4, -0.2) is 27.6 Å². The Morgan fingerprint density at radius 3 is 2.86 bits per heavy atom. The third-order valence-electron chi connectivity index (χ3n) is 2.13. The predicted octanol–water partition coefficient (Wildman–Crippen LogP) is 1.63. The van der Waals surface area contributed by atoms with E-state index in [1.807, 2.05) is 31.4 Å². The number of hydrogen-bond donors (Lipinski definition) is 1. The fourth-order valence-electron chi connectivity index (χ4n) is 1.35. The maximum atomic E-state index is 7.75. The van der Waals surface area contributed by atoms with Crippen LogP contribution in [0.1, 0.15) is 25.3 Å². The summed E-state index contributed by atoms with van der Waals surface area (Å²) in [4.78, 5) is 1.96. The van der Waals surface area contributed by atoms with E-state index >= 15 is 0 Å². The Hall–Kier alpha value is -1.32. The van der Waals surface area contributed by atoms with Crippen molar-refractivity contribution in [3.05, 3.63) is 18.0 Å². The summed E-state index contributed by atoms with van der Waals surface area (Å²) in [6.07, 6.45) is 5.69. The third kappa shape index (κ3) is 2.87. The Morgan fingerprint density at radius 2 is 2.36 bits per heavy atom. The van der Waals surface area contributed by atoms with Gasteiger partial charge in [-0.1, -0.05) is 6.92 Å². The van der Waals surface area contributed by atoms with Crippen molar-refractivity contribution in [2.75, 3.05) is 7.05 Å². The molecular formula is C10H18N4. The predicted molar refractivity (Wildman–Crippen MR) is 57.3 cm³/mol. The molecule has 14 heavy (non-hydrogen) atoms. The van der Waals surface area contributed by atoms with Gasteiger partial charge in [0.25, 0.3) is 0 Å². The van der Waals surface area contributed by atoms with Crippen molar-refractivity contribution in [1.29, 1.82) is 5.41 Å². The summed E-state index contributed by atoms with van der Waals surface area (Å²) in [6.45, 7) is 2.86. The Morgan fingerprint density at radius 1 is 1.64 bits per heavy atom. The summed E-state index contributed by atoms with van der Waals surface area (Å²) in [6, 6.07) is 0. The van der Waals surface area contributed by atoms with Crippen LogP contribution in [0, 0.1) is 5.41 Å². The maximum Gasteiger partial charge on any atom is 0.0957 e. The molecule has 0 radical (unpaired) electrons. The van der Waals surface area contributed by atoms with Gasteiger partial charge in [-0.25, -0.2) is 0 Å². The van der Waals surface area contributed by atoms with Crippen LogP contribution in [0.15, 0.2) is 12.4 Å². The van der Waals surface area contributed by atoms with Crippen LogP contribution in [0.5, 0.6) is 0 Å². The van der Waals surface area contributed by atoms with E-state index in [0.29, 0.717) is 5.84 Å². The van der Waals surface area contributed by atoms with Crippen LogP contribution < -0.4 is 0 Å². The largest absolute Gasteiger partial charge is 0.359 e. The lowest BCUT2D eigenvalue weighted by atomic mass is 10.2. The Bertz CT molecular complexity index is 303. The lowest BCUT2D eigenvalue weighted by molar-refractivity contribution is 0.483. The minimum atomic E-state index is 0.691. The van der Waals surface area contributed by atoms with Gasteiger partial charge in [-0.05, 0) is 6.42 Å². The minimum absolute atomic E-state index is 0.691. The first-order valence-electron chi connectivity index (χ1n) is 4.89. The Balaban J connectivity index is 2.48. The van der Waals surface area contributed by atoms with E-state index in [0.717, 1.165) is 24.9 Å². The van der Waals surface area contributed by atoms with Gasteiger partial charge >= 0.3 is 0 Å². The number of aryl methyl sites for hydroxylation is 1. The average molecular weight is 194 g/mol. The van der Waals surface area contributed by atoms with Gasteiger partial charge in [0.15, 0.2) is 0 Å². The summed E-state index contributed by atoms with van der Waals surface area (Å²) in [7, 11) is 3.85. The molecule has 0 bridgehead atoms. The van der Waals surface area contributed by atoms with E-state index < -0.39 is 0 Å². The van der Waals surface area contributed by atoms with Gasteiger partial charge in [-0.3, -0.25) is 10.1 Å². The van der Waals surface area contributed by atoms with Gasteiger partial charge < -0.3 is 4.90 Å². The molecule has 0 fully saturated rings. The topological polar surface area (TPSA) is 44.9 Å². The molecule has 1 N–H and O–H groups in total. The van der Waals surface area contributed by atoms with Crippen molar-refractivity contribution in [3.8, 4) is 0 Å². The molecule has 1 rings (SSSR count). The first-order chi connectivity index (χ1) is 6.63. The number of aromatic nitrogens is 2. The fourth-order valence-corrected chi connectivity index (χ4v) is 1.35. The molecule has 4 heteroatoms. The van der Waals surface area contributed by atoms with Gasteiger partial charge in [0.05, 0.1) is 12.0 Å². The molecule has 0 aliphatic rings. The normalized spacial score (nSPS) is 10.2. The second-order valence-corrected chi connectivity index (χ2v) is 3.58. The monoisotopic (exact) mass is 194 g/mol. The second-order valence-electron chi connectivity index (χ2n) is 3.58. The number of nitrogens with zero attached hydrogens (tertiary/aromatic N) is 3. The van der Waals surface area contributed by atoms with E-state index in [2.05, 4.69) is 12.0 Å². The zero-order chi connectivity index (χ0) is 10.6. The van der Waals surface area contributed by atoms with E-state index in [4.69, 9.17) is 5.41 Å². The lowest BCUT2D eigenvalue weighted by Gasteiger charge is -2.18. The molecule has 0 aliphatic carbocycles. The summed E-state index contributed by atoms with van der Waals surface area (Å²) in [5, 5.41) is 11.8. The number of hydrogen-bond acceptors (Lipinski definition) is 2. The molecule has 78 valence electrons. The third-order valence-corrected chi connectivity index (χ3v) is 2.13. The number of amidine groups is 1. The van der Waals surface area contributed by atoms with Crippen molar-refractivity contribution < 1.29 is 0 Å². The first-order valence-corrected chi connectivity index (χ1v) is 4.89. The lowest BCUT2D eigenvalue weighted by Crippen LogP contribution is -2.24. The molecule has 0 amide bonds. The van der Waals surface area contributed by atoms with Crippen LogP contribution in [0.2, 0.25) is 0 Å². The summed E-state index contributed by atoms with van der Waals surface area (Å²) < 4.78 is 1.78. The molecular weight excluding hydrogens is 176 g/mol. The zero-order valence-corrected chi connectivity index (χ0v) is 9.12. The fraction of sp³-hybridized carbons (Fsp3) is 0.600. The number of nitrogens with one attached hydrogen (secondary N) is 1. The highest BCUT2D eigenvalue weighted by Crippen LogP contribution is 2.03. The van der Waals surface area contributed by atoms with E-state index in [1.165, 1.54) is 0 Å². The highest BCUT2D eigenvalue weighted by molar-refractivity contribution is 5.78. The average Bonchev–Trinajstić information content (AvgIpc) is 2.51. The van der Waals surface area contributed by atoms with Crippen molar-refractivity contribution in [2.24, 2.45) is 7.05 Å². The SMILES string of the molecule is CCCC(=N)N(C)Cc1cnn(C)c1. The molecule has 1 aromatic heterocycles. The molecule has 1 heterocycles. The standard InChI is InChI=1S/C10H18N4/c1-4-5-10(11)13(2)7-9-6-12-14(3)8-9/h6,8,11H,4-5,7H2,1-3H3. The summed E-state index contributed by atoms with van der Waals surface area (Å²) in [5.74, 6) is 0.691. The van der Waals surface area contributed by atoms with Gasteiger partial charge in [-0.2, -0.15) is 5.10 Å². The molecule has 0 aromatic carbocycles. The quantitative estimate of drug-likeness (QED) is 0.585. The first kappa shape index (κ1) is 10.8. The Labute approximate surface area is 85.0 Å². The molecule has 0 saturated heterocycles. The van der Waals surface area contributed by atoms with Gasteiger partial charge in [-0.15, -0.1) is 0 Å². The smallest absolute Gasteiger partial charge is 0.0957 e. The van der Waals surface area contributed by atoms with Crippen molar-refractivity contribution >= 4 is 5.84 Å². The second kappa shape index (κ2) is 4.79. The van der Waals surface area contributed by atoms with Crippen molar-refractivity contribution in [1.82, 2.24) is 14.7 Å². The van der Waals surface area contributed by atoms with Crippen LogP contribution in [0.25, 0.3) is 0 Å². The molecule has 4 nitrogen and oxygen atoms in total. The van der Waals surface area contributed by atoms with Crippen LogP contribution >= 0.6 is 0 Å². The minimum Gasteiger partial charge on any atom is -0.359 e. The van der Waals surface area contributed by atoms with Crippen molar-refractivity contribution in [2.45, 2.75) is 26.3 Å². The van der Waals surface area contributed by atoms with Crippen LogP contribution in [-0.2, 0) is 13.6 Å². The molecule has 1 aromatic rings. The molecule has 0 atom stereocenters. The molecule has 0 unspecified atom stereocenters. The summed E-state index contributed by atoms with van der Waals surface area (Å²) >= 11 is 0. The molecule has 0 saturated carbocycles. The highest BCUT2D eigenvalue weighted by atomic mass is 15.2. The van der Waals surface area contributed by atoms with E-state index in [1.54, 1.807) is 4.68 Å². The zero-order valence-electron chi connectivity index (χ0n) is 9.12. The van der Waals surface area contributed by atoms with E-state index in [-0.39, 0.29) is 0 Å². The van der Waals surface area contributed by atoms with Crippen molar-refractivity contribution in [3.63, 3.8) is 0 Å². The van der Waals surface area contributed by atoms with Gasteiger partial charge in [0, 0.05) is 38.8 Å². The summed E-state index contributed by atoms with van der Waals surface area (Å²) in [5.41, 5.74) is 1.15. The van der Waals surface area contributed by atoms with Crippen LogP contribution in [0.4, 0.5) is 0 Å². The molecule has 0 spiro atoms. The highest BCUT2D eigenvalue weighted by Gasteiger charge is 2.05. The van der Waals surface area contributed by atoms with Gasteiger partial charge in [0.2, 0.25) is 0 Å². The maximum absolute atomic E-state index is 7.75. The molecule has 0 aliphatic heterocycles. The Kier molecular flexibility index (Phi) is 3.68. The number of rotatable bonds is 4. The van der Waals surface area contributed by atoms with Crippen LogP contribution in [0.3, 0.4) is 0 Å². The van der Waals surface area contributed by atoms with E-state index in [9.17, 15) is 0 Å². The van der Waals surface area contributed by atoms with Gasteiger partial charge in [0.1, 0.15) is 0 Å².